The molecule has 0 aromatic rings. The Kier molecular flexibility index (Phi) is 39.3. The number of quaternary nitrogens is 1. The van der Waals surface area contributed by atoms with Crippen LogP contribution in [0.3, 0.4) is 0 Å². The van der Waals surface area contributed by atoms with Gasteiger partial charge in [0.25, 0.3) is 7.82 Å². The molecule has 0 aliphatic heterocycles. The first kappa shape index (κ1) is 56.2. The van der Waals surface area contributed by atoms with Crippen molar-refractivity contribution in [1.82, 2.24) is 5.32 Å². The van der Waals surface area contributed by atoms with E-state index in [1.807, 2.05) is 27.2 Å². The maximum Gasteiger partial charge on any atom is 0.268 e. The van der Waals surface area contributed by atoms with Crippen molar-refractivity contribution in [2.24, 2.45) is 0 Å². The van der Waals surface area contributed by atoms with Crippen LogP contribution in [-0.4, -0.2) is 68.5 Å². The van der Waals surface area contributed by atoms with E-state index in [0.717, 1.165) is 57.8 Å². The fourth-order valence-electron chi connectivity index (χ4n) is 6.39. The number of nitrogens with zero attached hydrogens (tertiary/aromatic N) is 1. The van der Waals surface area contributed by atoms with Gasteiger partial charge < -0.3 is 28.8 Å². The number of aliphatic hydroxyl groups is 1. The number of likely N-dealkylation sites (N-methyl/N-ethyl adjacent to an activating group) is 1. The maximum atomic E-state index is 12.9. The van der Waals surface area contributed by atoms with Gasteiger partial charge in [0.05, 0.1) is 39.9 Å². The minimum Gasteiger partial charge on any atom is -0.756 e. The first-order chi connectivity index (χ1) is 28.0. The molecule has 0 aromatic carbocycles. The number of aliphatic hydroxyl groups excluding tert-OH is 1. The highest BCUT2D eigenvalue weighted by atomic mass is 31.2. The quantitative estimate of drug-likeness (QED) is 0.0274. The number of nitrogens with one attached hydrogen (secondary N) is 1. The Labute approximate surface area is 358 Å². The van der Waals surface area contributed by atoms with E-state index >= 15 is 0 Å². The summed E-state index contributed by atoms with van der Waals surface area (Å²) in [7, 11) is 1.23. The summed E-state index contributed by atoms with van der Waals surface area (Å²) in [4.78, 5) is 25.3. The summed E-state index contributed by atoms with van der Waals surface area (Å²) >= 11 is 0. The minimum atomic E-state index is -4.60. The summed E-state index contributed by atoms with van der Waals surface area (Å²) in [6.07, 6.45) is 52.7. The highest BCUT2D eigenvalue weighted by Crippen LogP contribution is 2.38. The lowest BCUT2D eigenvalue weighted by molar-refractivity contribution is -0.870. The van der Waals surface area contributed by atoms with Gasteiger partial charge in [-0.05, 0) is 77.0 Å². The lowest BCUT2D eigenvalue weighted by atomic mass is 10.0. The first-order valence-corrected chi connectivity index (χ1v) is 25.1. The maximum absolute atomic E-state index is 12.9. The molecule has 8 nitrogen and oxygen atoms in total. The number of rotatable bonds is 42. The van der Waals surface area contributed by atoms with Crippen LogP contribution in [0.4, 0.5) is 0 Å². The average molecular weight is 835 g/mol. The molecule has 3 unspecified atom stereocenters. The molecule has 0 rings (SSSR count). The zero-order chi connectivity index (χ0) is 42.8. The van der Waals surface area contributed by atoms with Gasteiger partial charge >= 0.3 is 0 Å². The van der Waals surface area contributed by atoms with Crippen molar-refractivity contribution in [1.29, 1.82) is 0 Å². The van der Waals surface area contributed by atoms with Gasteiger partial charge in [-0.15, -0.1) is 0 Å². The summed E-state index contributed by atoms with van der Waals surface area (Å²) in [5.74, 6) is -0.217. The largest absolute Gasteiger partial charge is 0.756 e. The molecule has 0 bridgehead atoms. The number of carbonyl (C=O) groups excluding carboxylic acids is 1. The monoisotopic (exact) mass is 835 g/mol. The van der Waals surface area contributed by atoms with Crippen molar-refractivity contribution in [2.75, 3.05) is 40.9 Å². The van der Waals surface area contributed by atoms with Crippen molar-refractivity contribution >= 4 is 13.7 Å². The number of phosphoric acid groups is 1. The third-order valence-corrected chi connectivity index (χ3v) is 11.1. The van der Waals surface area contributed by atoms with E-state index in [4.69, 9.17) is 9.05 Å². The van der Waals surface area contributed by atoms with Gasteiger partial charge in [0.2, 0.25) is 5.91 Å². The first-order valence-electron chi connectivity index (χ1n) is 23.7. The molecule has 2 N–H and O–H groups in total. The third kappa shape index (κ3) is 42.3. The Hall–Kier alpha value is -1.80. The fourth-order valence-corrected chi connectivity index (χ4v) is 7.11. The van der Waals surface area contributed by atoms with E-state index in [0.29, 0.717) is 17.4 Å². The van der Waals surface area contributed by atoms with Crippen molar-refractivity contribution in [3.05, 3.63) is 60.8 Å². The molecular weight excluding hydrogens is 744 g/mol. The Morgan fingerprint density at radius 3 is 1.53 bits per heavy atom. The number of hydrogen-bond donors (Lipinski definition) is 2. The number of allylic oxidation sites excluding steroid dienone is 9. The summed E-state index contributed by atoms with van der Waals surface area (Å²) in [5, 5.41) is 13.7. The van der Waals surface area contributed by atoms with Crippen LogP contribution < -0.4 is 10.2 Å². The molecule has 0 spiro atoms. The van der Waals surface area contributed by atoms with E-state index in [-0.39, 0.29) is 12.5 Å². The Morgan fingerprint density at radius 1 is 0.603 bits per heavy atom. The van der Waals surface area contributed by atoms with Gasteiger partial charge in [0.1, 0.15) is 13.2 Å². The zero-order valence-electron chi connectivity index (χ0n) is 38.2. The third-order valence-electron chi connectivity index (χ3n) is 10.2. The van der Waals surface area contributed by atoms with Gasteiger partial charge in [-0.3, -0.25) is 9.36 Å². The average Bonchev–Trinajstić information content (AvgIpc) is 3.17. The molecule has 338 valence electrons. The lowest BCUT2D eigenvalue weighted by Crippen LogP contribution is -2.45. The molecule has 1 amide bonds. The standard InChI is InChI=1S/C49H91N2O6P/c1-6-8-10-12-14-16-18-20-21-22-23-24-25-26-27-28-29-31-33-35-37-39-41-43-49(53)50-47(46-57-58(54,55)56-45-44-51(3,4)5)48(52)42-40-38-36-34-32-30-19-17-15-13-11-9-7-2/h15,17-18,20,22-23,32,34,40,42,47-48,52H,6-14,16,19,21,24-31,33,35-39,41,43-46H2,1-5H3,(H-,50,53,54,55)/b17-15+,20-18-,23-22-,34-32+,42-40+. The summed E-state index contributed by atoms with van der Waals surface area (Å²) < 4.78 is 23.2. The molecule has 0 fully saturated rings. The minimum absolute atomic E-state index is 0.0114. The Balaban J connectivity index is 4.34. The second-order valence-electron chi connectivity index (χ2n) is 17.1. The number of unbranched alkanes of at least 4 members (excludes halogenated alkanes) is 21. The second-order valence-corrected chi connectivity index (χ2v) is 18.5. The van der Waals surface area contributed by atoms with Gasteiger partial charge in [-0.2, -0.15) is 0 Å². The molecule has 0 aromatic heterocycles. The molecule has 0 aliphatic carbocycles. The van der Waals surface area contributed by atoms with Gasteiger partial charge in [-0.25, -0.2) is 0 Å². The molecule has 0 radical (unpaired) electrons. The van der Waals surface area contributed by atoms with Crippen LogP contribution >= 0.6 is 7.82 Å². The van der Waals surface area contributed by atoms with E-state index in [9.17, 15) is 19.4 Å². The predicted octanol–water partition coefficient (Wildman–Crippen LogP) is 12.8. The molecule has 0 aliphatic rings. The van der Waals surface area contributed by atoms with Gasteiger partial charge in [-0.1, -0.05) is 171 Å². The van der Waals surface area contributed by atoms with Crippen molar-refractivity contribution in [2.45, 2.75) is 206 Å². The summed E-state index contributed by atoms with van der Waals surface area (Å²) in [5.41, 5.74) is 0. The van der Waals surface area contributed by atoms with E-state index < -0.39 is 26.6 Å². The molecule has 3 atom stereocenters. The van der Waals surface area contributed by atoms with Crippen LogP contribution in [0.5, 0.6) is 0 Å². The molecular formula is C49H91N2O6P. The second kappa shape index (κ2) is 40.6. The van der Waals surface area contributed by atoms with Gasteiger partial charge in [0.15, 0.2) is 0 Å². The van der Waals surface area contributed by atoms with Crippen LogP contribution in [0.2, 0.25) is 0 Å². The normalized spacial score (nSPS) is 14.8. The molecule has 0 saturated heterocycles. The number of hydrogen-bond acceptors (Lipinski definition) is 6. The summed E-state index contributed by atoms with van der Waals surface area (Å²) in [6, 6.07) is -0.911. The van der Waals surface area contributed by atoms with Crippen LogP contribution in [0.1, 0.15) is 194 Å². The zero-order valence-corrected chi connectivity index (χ0v) is 39.1. The van der Waals surface area contributed by atoms with Crippen LogP contribution in [-0.2, 0) is 18.4 Å². The molecule has 0 saturated carbocycles. The van der Waals surface area contributed by atoms with Gasteiger partial charge in [0, 0.05) is 6.42 Å². The van der Waals surface area contributed by atoms with E-state index in [1.165, 1.54) is 116 Å². The van der Waals surface area contributed by atoms with E-state index in [1.54, 1.807) is 6.08 Å². The lowest BCUT2D eigenvalue weighted by Gasteiger charge is -2.29. The van der Waals surface area contributed by atoms with Crippen molar-refractivity contribution in [3.8, 4) is 0 Å². The summed E-state index contributed by atoms with van der Waals surface area (Å²) in [6.45, 7) is 4.56. The number of phosphoric ester groups is 1. The van der Waals surface area contributed by atoms with E-state index in [2.05, 4.69) is 67.8 Å². The number of carbonyl (C=O) groups is 1. The Bertz CT molecular complexity index is 1130. The molecule has 9 heteroatoms. The highest BCUT2D eigenvalue weighted by molar-refractivity contribution is 7.45. The Morgan fingerprint density at radius 2 is 1.02 bits per heavy atom. The molecule has 58 heavy (non-hydrogen) atoms. The SMILES string of the molecule is CCCCC/C=C/CC/C=C/CC/C=C/C(O)C(COP(=O)([O-])OCC[N+](C)(C)C)NC(=O)CCCCCCCCCCCCC/C=C\C/C=C\CCCCCCC. The fraction of sp³-hybridized carbons (Fsp3) is 0.776. The molecule has 0 heterocycles. The smallest absolute Gasteiger partial charge is 0.268 e. The van der Waals surface area contributed by atoms with Crippen LogP contribution in [0.25, 0.3) is 0 Å². The topological polar surface area (TPSA) is 108 Å². The number of amides is 1. The highest BCUT2D eigenvalue weighted by Gasteiger charge is 2.23. The van der Waals surface area contributed by atoms with Crippen LogP contribution in [0, 0.1) is 0 Å². The van der Waals surface area contributed by atoms with Crippen LogP contribution in [0.15, 0.2) is 60.8 Å². The van der Waals surface area contributed by atoms with Crippen molar-refractivity contribution < 1.29 is 32.9 Å². The predicted molar refractivity (Wildman–Crippen MR) is 247 cm³/mol. The van der Waals surface area contributed by atoms with Crippen molar-refractivity contribution in [3.63, 3.8) is 0 Å².